The first-order valence-corrected chi connectivity index (χ1v) is 7.17. The molecule has 20 heavy (non-hydrogen) atoms. The van der Waals surface area contributed by atoms with E-state index < -0.39 is 5.60 Å². The number of benzene rings is 2. The third-order valence-corrected chi connectivity index (χ3v) is 4.07. The third kappa shape index (κ3) is 2.15. The van der Waals surface area contributed by atoms with E-state index in [-0.39, 0.29) is 0 Å². The van der Waals surface area contributed by atoms with Gasteiger partial charge in [0.25, 0.3) is 0 Å². The molecule has 0 spiro atoms. The van der Waals surface area contributed by atoms with Gasteiger partial charge in [-0.15, -0.1) is 0 Å². The Kier molecular flexibility index (Phi) is 3.15. The second-order valence-electron chi connectivity index (χ2n) is 5.17. The number of nitrogens with zero attached hydrogens (tertiary/aromatic N) is 2. The van der Waals surface area contributed by atoms with E-state index >= 15 is 0 Å². The third-order valence-electron chi connectivity index (χ3n) is 3.57. The fourth-order valence-electron chi connectivity index (χ4n) is 2.47. The highest BCUT2D eigenvalue weighted by Gasteiger charge is 2.29. The molecule has 0 fully saturated rings. The minimum atomic E-state index is -1.12. The van der Waals surface area contributed by atoms with Crippen LogP contribution in [0.1, 0.15) is 18.2 Å². The highest BCUT2D eigenvalue weighted by Crippen LogP contribution is 2.34. The van der Waals surface area contributed by atoms with Gasteiger partial charge in [-0.05, 0) is 35.4 Å². The van der Waals surface area contributed by atoms with Crippen LogP contribution in [-0.2, 0) is 12.6 Å². The Balaban J connectivity index is 2.25. The summed E-state index contributed by atoms with van der Waals surface area (Å²) in [7, 11) is 1.90. The van der Waals surface area contributed by atoms with E-state index in [4.69, 9.17) is 0 Å². The van der Waals surface area contributed by atoms with Crippen molar-refractivity contribution in [3.63, 3.8) is 0 Å². The molecule has 1 aromatic heterocycles. The number of hydrogen-bond acceptors (Lipinski definition) is 2. The van der Waals surface area contributed by atoms with Crippen molar-refractivity contribution in [3.8, 4) is 0 Å². The molecule has 1 heterocycles. The van der Waals surface area contributed by atoms with Gasteiger partial charge in [0.1, 0.15) is 5.60 Å². The number of fused-ring (bicyclic) bond motifs is 1. The van der Waals surface area contributed by atoms with E-state index in [1.54, 1.807) is 13.3 Å². The van der Waals surface area contributed by atoms with Crippen molar-refractivity contribution in [1.82, 2.24) is 9.55 Å². The van der Waals surface area contributed by atoms with Crippen LogP contribution in [0, 0.1) is 0 Å². The highest BCUT2D eigenvalue weighted by molar-refractivity contribution is 9.10. The van der Waals surface area contributed by atoms with Crippen molar-refractivity contribution in [2.75, 3.05) is 0 Å². The van der Waals surface area contributed by atoms with Crippen LogP contribution < -0.4 is 0 Å². The zero-order valence-corrected chi connectivity index (χ0v) is 12.9. The smallest absolute Gasteiger partial charge is 0.131 e. The summed E-state index contributed by atoms with van der Waals surface area (Å²) in [5, 5.41) is 13.1. The Morgan fingerprint density at radius 2 is 2.05 bits per heavy atom. The lowest BCUT2D eigenvalue weighted by atomic mass is 9.89. The number of rotatable bonds is 2. The van der Waals surface area contributed by atoms with Crippen molar-refractivity contribution < 1.29 is 5.11 Å². The number of hydrogen-bond donors (Lipinski definition) is 1. The van der Waals surface area contributed by atoms with Crippen molar-refractivity contribution in [2.24, 2.45) is 7.05 Å². The van der Waals surface area contributed by atoms with Crippen LogP contribution in [-0.4, -0.2) is 14.7 Å². The van der Waals surface area contributed by atoms with E-state index in [0.29, 0.717) is 5.69 Å². The topological polar surface area (TPSA) is 38.0 Å². The molecule has 1 unspecified atom stereocenters. The molecule has 3 rings (SSSR count). The second-order valence-corrected chi connectivity index (χ2v) is 6.08. The summed E-state index contributed by atoms with van der Waals surface area (Å²) in [6, 6.07) is 12.0. The quantitative estimate of drug-likeness (QED) is 0.779. The SMILES string of the molecule is Cn1cnc(C(C)(O)c2cccc3ccc(Br)cc23)c1. The van der Waals surface area contributed by atoms with Crippen LogP contribution in [0.3, 0.4) is 0 Å². The molecule has 102 valence electrons. The summed E-state index contributed by atoms with van der Waals surface area (Å²) in [4.78, 5) is 4.29. The van der Waals surface area contributed by atoms with E-state index in [1.165, 1.54) is 0 Å². The number of imidazole rings is 1. The van der Waals surface area contributed by atoms with Gasteiger partial charge in [0.2, 0.25) is 0 Å². The normalized spacial score (nSPS) is 14.4. The molecule has 3 aromatic rings. The average molecular weight is 331 g/mol. The first kappa shape index (κ1) is 13.3. The lowest BCUT2D eigenvalue weighted by Crippen LogP contribution is -2.23. The van der Waals surface area contributed by atoms with Crippen LogP contribution in [0.2, 0.25) is 0 Å². The van der Waals surface area contributed by atoms with Gasteiger partial charge in [0, 0.05) is 17.7 Å². The lowest BCUT2D eigenvalue weighted by molar-refractivity contribution is 0.0994. The van der Waals surface area contributed by atoms with Gasteiger partial charge < -0.3 is 9.67 Å². The van der Waals surface area contributed by atoms with Gasteiger partial charge in [0.15, 0.2) is 0 Å². The molecular formula is C16H15BrN2O. The second kappa shape index (κ2) is 4.72. The molecule has 0 saturated heterocycles. The molecule has 0 aliphatic carbocycles. The Morgan fingerprint density at radius 3 is 2.75 bits per heavy atom. The van der Waals surface area contributed by atoms with E-state index in [2.05, 4.69) is 20.9 Å². The van der Waals surface area contributed by atoms with Crippen molar-refractivity contribution >= 4 is 26.7 Å². The molecule has 2 aromatic carbocycles. The zero-order valence-electron chi connectivity index (χ0n) is 11.3. The minimum absolute atomic E-state index is 0.646. The minimum Gasteiger partial charge on any atom is -0.379 e. The van der Waals surface area contributed by atoms with Gasteiger partial charge in [-0.3, -0.25) is 0 Å². The predicted octanol–water partition coefficient (Wildman–Crippen LogP) is 3.59. The van der Waals surface area contributed by atoms with Crippen LogP contribution in [0.25, 0.3) is 10.8 Å². The fourth-order valence-corrected chi connectivity index (χ4v) is 2.83. The lowest BCUT2D eigenvalue weighted by Gasteiger charge is -2.23. The summed E-state index contributed by atoms with van der Waals surface area (Å²) < 4.78 is 2.83. The van der Waals surface area contributed by atoms with Crippen LogP contribution >= 0.6 is 15.9 Å². The summed E-state index contributed by atoms with van der Waals surface area (Å²) in [5.74, 6) is 0. The molecule has 0 aliphatic heterocycles. The summed E-state index contributed by atoms with van der Waals surface area (Å²) in [6.45, 7) is 1.78. The Hall–Kier alpha value is -1.65. The predicted molar refractivity (Wildman–Crippen MR) is 83.5 cm³/mol. The Labute approximate surface area is 126 Å². The van der Waals surface area contributed by atoms with Gasteiger partial charge in [-0.25, -0.2) is 4.98 Å². The van der Waals surface area contributed by atoms with Crippen molar-refractivity contribution in [2.45, 2.75) is 12.5 Å². The number of halogens is 1. The first-order valence-electron chi connectivity index (χ1n) is 6.38. The molecule has 0 amide bonds. The molecule has 3 nitrogen and oxygen atoms in total. The molecule has 4 heteroatoms. The van der Waals surface area contributed by atoms with E-state index in [1.807, 2.05) is 54.2 Å². The highest BCUT2D eigenvalue weighted by atomic mass is 79.9. The maximum absolute atomic E-state index is 11.0. The largest absolute Gasteiger partial charge is 0.379 e. The monoisotopic (exact) mass is 330 g/mol. The van der Waals surface area contributed by atoms with Crippen LogP contribution in [0.5, 0.6) is 0 Å². The van der Waals surface area contributed by atoms with Crippen molar-refractivity contribution in [3.05, 3.63) is 64.7 Å². The van der Waals surface area contributed by atoms with E-state index in [0.717, 1.165) is 20.8 Å². The standard InChI is InChI=1S/C16H15BrN2O/c1-16(20,15-9-19(2)10-18-15)14-5-3-4-11-6-7-12(17)8-13(11)14/h3-10,20H,1-2H3. The maximum Gasteiger partial charge on any atom is 0.131 e. The molecule has 1 N–H and O–H groups in total. The molecule has 0 bridgehead atoms. The molecule has 0 aliphatic rings. The van der Waals surface area contributed by atoms with Gasteiger partial charge in [-0.2, -0.15) is 0 Å². The molecule has 0 saturated carbocycles. The Morgan fingerprint density at radius 1 is 1.25 bits per heavy atom. The van der Waals surface area contributed by atoms with E-state index in [9.17, 15) is 5.11 Å². The number of aryl methyl sites for hydroxylation is 1. The van der Waals surface area contributed by atoms with Gasteiger partial charge in [-0.1, -0.05) is 40.2 Å². The van der Waals surface area contributed by atoms with Gasteiger partial charge >= 0.3 is 0 Å². The maximum atomic E-state index is 11.0. The van der Waals surface area contributed by atoms with Crippen molar-refractivity contribution in [1.29, 1.82) is 0 Å². The first-order chi connectivity index (χ1) is 9.48. The average Bonchev–Trinajstić information content (AvgIpc) is 2.85. The molecule has 1 atom stereocenters. The Bertz CT molecular complexity index is 777. The number of aliphatic hydroxyl groups is 1. The fraction of sp³-hybridized carbons (Fsp3) is 0.188. The molecule has 0 radical (unpaired) electrons. The van der Waals surface area contributed by atoms with Gasteiger partial charge in [0.05, 0.1) is 12.0 Å². The molecular weight excluding hydrogens is 316 g/mol. The summed E-state index contributed by atoms with van der Waals surface area (Å²) >= 11 is 3.49. The summed E-state index contributed by atoms with van der Waals surface area (Å²) in [6.07, 6.45) is 3.54. The summed E-state index contributed by atoms with van der Waals surface area (Å²) in [5.41, 5.74) is 0.379. The van der Waals surface area contributed by atoms with Crippen LogP contribution in [0.4, 0.5) is 0 Å². The zero-order chi connectivity index (χ0) is 14.3. The van der Waals surface area contributed by atoms with Crippen LogP contribution in [0.15, 0.2) is 53.4 Å². The number of aromatic nitrogens is 2.